The average molecular weight is 408 g/mol. The predicted octanol–water partition coefficient (Wildman–Crippen LogP) is 6.12. The molecule has 0 heterocycles. The first-order valence-electron chi connectivity index (χ1n) is 8.33. The van der Waals surface area contributed by atoms with Gasteiger partial charge in [0.25, 0.3) is 0 Å². The molecule has 6 heteroatoms. The Bertz CT molecular complexity index is 801. The van der Waals surface area contributed by atoms with Gasteiger partial charge >= 0.3 is 0 Å². The molecule has 0 fully saturated rings. The molecule has 0 aliphatic rings. The standard InChI is InChI=1S/C20H23Cl2N3S/c1-5-25(4)13-24-19-10-14(2)17(11-18(19)22)20(23-3)12-26-16-8-6-15(21)7-9-16/h6-11,13H,5,12H2,1-4H3. The van der Waals surface area contributed by atoms with Crippen LogP contribution in [0.4, 0.5) is 5.69 Å². The zero-order valence-corrected chi connectivity index (χ0v) is 17.8. The van der Waals surface area contributed by atoms with Crippen molar-refractivity contribution in [1.82, 2.24) is 4.90 Å². The lowest BCUT2D eigenvalue weighted by Gasteiger charge is -2.13. The monoisotopic (exact) mass is 407 g/mol. The normalized spacial score (nSPS) is 12.0. The fourth-order valence-electron chi connectivity index (χ4n) is 2.26. The van der Waals surface area contributed by atoms with Gasteiger partial charge in [-0.25, -0.2) is 4.99 Å². The van der Waals surface area contributed by atoms with Crippen LogP contribution in [0.1, 0.15) is 18.1 Å². The lowest BCUT2D eigenvalue weighted by molar-refractivity contribution is 0.552. The quantitative estimate of drug-likeness (QED) is 0.313. The van der Waals surface area contributed by atoms with Gasteiger partial charge in [-0.05, 0) is 55.8 Å². The van der Waals surface area contributed by atoms with Gasteiger partial charge < -0.3 is 4.90 Å². The molecule has 0 amide bonds. The highest BCUT2D eigenvalue weighted by molar-refractivity contribution is 8.00. The van der Waals surface area contributed by atoms with E-state index in [4.69, 9.17) is 23.2 Å². The summed E-state index contributed by atoms with van der Waals surface area (Å²) in [7, 11) is 3.79. The van der Waals surface area contributed by atoms with E-state index in [-0.39, 0.29) is 0 Å². The second kappa shape index (κ2) is 10.0. The molecule has 2 aromatic carbocycles. The van der Waals surface area contributed by atoms with E-state index in [1.54, 1.807) is 18.1 Å². The Hall–Kier alpha value is -1.49. The second-order valence-corrected chi connectivity index (χ2v) is 7.74. The Morgan fingerprint density at radius 1 is 1.19 bits per heavy atom. The van der Waals surface area contributed by atoms with Crippen molar-refractivity contribution in [3.63, 3.8) is 0 Å². The number of hydrogen-bond acceptors (Lipinski definition) is 3. The van der Waals surface area contributed by atoms with Crippen LogP contribution in [-0.2, 0) is 0 Å². The summed E-state index contributed by atoms with van der Waals surface area (Å²) in [6.07, 6.45) is 1.80. The van der Waals surface area contributed by atoms with Crippen LogP contribution in [0, 0.1) is 6.92 Å². The van der Waals surface area contributed by atoms with Gasteiger partial charge in [-0.1, -0.05) is 23.2 Å². The maximum atomic E-state index is 6.45. The molecule has 0 saturated carbocycles. The Morgan fingerprint density at radius 3 is 2.50 bits per heavy atom. The topological polar surface area (TPSA) is 28.0 Å². The first-order valence-corrected chi connectivity index (χ1v) is 10.1. The zero-order chi connectivity index (χ0) is 19.1. The molecule has 0 radical (unpaired) electrons. The number of benzene rings is 2. The van der Waals surface area contributed by atoms with E-state index in [2.05, 4.69) is 23.8 Å². The number of rotatable bonds is 7. The van der Waals surface area contributed by atoms with E-state index in [0.717, 1.165) is 44.7 Å². The highest BCUT2D eigenvalue weighted by Gasteiger charge is 2.11. The van der Waals surface area contributed by atoms with Crippen LogP contribution in [0.5, 0.6) is 0 Å². The van der Waals surface area contributed by atoms with Gasteiger partial charge in [-0.15, -0.1) is 11.8 Å². The number of thioether (sulfide) groups is 1. The molecule has 0 aromatic heterocycles. The van der Waals surface area contributed by atoms with E-state index in [9.17, 15) is 0 Å². The van der Waals surface area contributed by atoms with Crippen molar-refractivity contribution in [3.8, 4) is 0 Å². The van der Waals surface area contributed by atoms with E-state index < -0.39 is 0 Å². The van der Waals surface area contributed by atoms with Crippen molar-refractivity contribution in [2.75, 3.05) is 26.4 Å². The van der Waals surface area contributed by atoms with Crippen molar-refractivity contribution in [2.24, 2.45) is 9.98 Å². The first-order chi connectivity index (χ1) is 12.4. The van der Waals surface area contributed by atoms with Gasteiger partial charge in [0, 0.05) is 41.9 Å². The van der Waals surface area contributed by atoms with Crippen LogP contribution in [0.3, 0.4) is 0 Å². The van der Waals surface area contributed by atoms with Crippen LogP contribution < -0.4 is 0 Å². The third-order valence-corrected chi connectivity index (χ3v) is 5.53. The van der Waals surface area contributed by atoms with Crippen LogP contribution in [0.2, 0.25) is 10.0 Å². The Kier molecular flexibility index (Phi) is 8.01. The maximum absolute atomic E-state index is 6.45. The largest absolute Gasteiger partial charge is 0.366 e. The molecule has 2 rings (SSSR count). The average Bonchev–Trinajstić information content (AvgIpc) is 2.64. The summed E-state index contributed by atoms with van der Waals surface area (Å²) in [6, 6.07) is 11.8. The van der Waals surface area contributed by atoms with E-state index in [0.29, 0.717) is 5.02 Å². The third-order valence-electron chi connectivity index (χ3n) is 3.96. The SMILES string of the molecule is CCN(C)C=Nc1cc(C)c(C(CSc2ccc(Cl)cc2)=NC)cc1Cl. The maximum Gasteiger partial charge on any atom is 0.0910 e. The molecule has 0 atom stereocenters. The molecular formula is C20H23Cl2N3S. The molecular weight excluding hydrogens is 385 g/mol. The number of nitrogens with zero attached hydrogens (tertiary/aromatic N) is 3. The molecule has 0 unspecified atom stereocenters. The van der Waals surface area contributed by atoms with Crippen molar-refractivity contribution < 1.29 is 0 Å². The summed E-state index contributed by atoms with van der Waals surface area (Å²) in [5.41, 5.74) is 3.94. The van der Waals surface area contributed by atoms with Crippen LogP contribution in [0.25, 0.3) is 0 Å². The molecule has 3 nitrogen and oxygen atoms in total. The minimum atomic E-state index is 0.629. The van der Waals surface area contributed by atoms with Gasteiger partial charge in [0.1, 0.15) is 0 Å². The van der Waals surface area contributed by atoms with Crippen LogP contribution in [0.15, 0.2) is 51.3 Å². The fraction of sp³-hybridized carbons (Fsp3) is 0.300. The highest BCUT2D eigenvalue weighted by Crippen LogP contribution is 2.30. The van der Waals surface area contributed by atoms with Crippen molar-refractivity contribution in [3.05, 3.63) is 57.6 Å². The van der Waals surface area contributed by atoms with Crippen LogP contribution >= 0.6 is 35.0 Å². The molecule has 0 spiro atoms. The molecule has 138 valence electrons. The third kappa shape index (κ3) is 5.76. The Labute approximate surface area is 170 Å². The first kappa shape index (κ1) is 20.8. The Morgan fingerprint density at radius 2 is 1.88 bits per heavy atom. The van der Waals surface area contributed by atoms with Crippen molar-refractivity contribution >= 4 is 52.7 Å². The summed E-state index contributed by atoms with van der Waals surface area (Å²) in [5.74, 6) is 0.760. The smallest absolute Gasteiger partial charge is 0.0910 e. The molecule has 0 saturated heterocycles. The molecule has 2 aromatic rings. The fourth-order valence-corrected chi connectivity index (χ4v) is 3.52. The van der Waals surface area contributed by atoms with Crippen molar-refractivity contribution in [1.29, 1.82) is 0 Å². The molecule has 0 bridgehead atoms. The number of hydrogen-bond donors (Lipinski definition) is 0. The summed E-state index contributed by atoms with van der Waals surface area (Å²) in [4.78, 5) is 12.1. The highest BCUT2D eigenvalue weighted by atomic mass is 35.5. The van der Waals surface area contributed by atoms with Gasteiger partial charge in [0.15, 0.2) is 0 Å². The van der Waals surface area contributed by atoms with E-state index >= 15 is 0 Å². The van der Waals surface area contributed by atoms with Gasteiger partial charge in [0.05, 0.1) is 22.8 Å². The summed E-state index contributed by atoms with van der Waals surface area (Å²) in [5, 5.41) is 1.37. The van der Waals surface area contributed by atoms with Gasteiger partial charge in [0.2, 0.25) is 0 Å². The number of halogens is 2. The molecule has 0 N–H and O–H groups in total. The Balaban J connectivity index is 2.18. The molecule has 26 heavy (non-hydrogen) atoms. The molecule has 0 aliphatic carbocycles. The predicted molar refractivity (Wildman–Crippen MR) is 117 cm³/mol. The van der Waals surface area contributed by atoms with Gasteiger partial charge in [-0.3, -0.25) is 4.99 Å². The van der Waals surface area contributed by atoms with Gasteiger partial charge in [-0.2, -0.15) is 0 Å². The lowest BCUT2D eigenvalue weighted by Crippen LogP contribution is -2.14. The molecule has 0 aliphatic heterocycles. The minimum absolute atomic E-state index is 0.629. The van der Waals surface area contributed by atoms with E-state index in [1.807, 2.05) is 55.4 Å². The zero-order valence-electron chi connectivity index (χ0n) is 15.5. The van der Waals surface area contributed by atoms with Crippen LogP contribution in [-0.4, -0.2) is 43.3 Å². The summed E-state index contributed by atoms with van der Waals surface area (Å²) < 4.78 is 0. The number of aliphatic imine (C=N–C) groups is 2. The lowest BCUT2D eigenvalue weighted by atomic mass is 10.0. The summed E-state index contributed by atoms with van der Waals surface area (Å²) >= 11 is 14.1. The second-order valence-electron chi connectivity index (χ2n) is 5.85. The van der Waals surface area contributed by atoms with E-state index in [1.165, 1.54) is 0 Å². The minimum Gasteiger partial charge on any atom is -0.366 e. The van der Waals surface area contributed by atoms with Crippen molar-refractivity contribution in [2.45, 2.75) is 18.7 Å². The number of aryl methyl sites for hydroxylation is 1. The summed E-state index contributed by atoms with van der Waals surface area (Å²) in [6.45, 7) is 5.03.